The van der Waals surface area contributed by atoms with Crippen molar-refractivity contribution < 1.29 is 9.84 Å². The van der Waals surface area contributed by atoms with Crippen molar-refractivity contribution in [1.82, 2.24) is 14.8 Å². The van der Waals surface area contributed by atoms with E-state index in [-0.39, 0.29) is 0 Å². The molecule has 0 aliphatic carbocycles. The van der Waals surface area contributed by atoms with Crippen LogP contribution in [-0.2, 0) is 13.7 Å². The van der Waals surface area contributed by atoms with E-state index in [2.05, 4.69) is 10.2 Å². The van der Waals surface area contributed by atoms with E-state index in [4.69, 9.17) is 4.74 Å². The van der Waals surface area contributed by atoms with Gasteiger partial charge < -0.3 is 14.4 Å². The molecule has 3 rings (SSSR count). The monoisotopic (exact) mass is 283 g/mol. The second kappa shape index (κ2) is 5.54. The van der Waals surface area contributed by atoms with Gasteiger partial charge in [0.2, 0.25) is 0 Å². The zero-order valence-electron chi connectivity index (χ0n) is 12.0. The van der Waals surface area contributed by atoms with Gasteiger partial charge in [-0.15, -0.1) is 10.2 Å². The number of aliphatic hydroxyl groups is 1. The Labute approximate surface area is 122 Å². The Bertz CT molecular complexity index is 765. The summed E-state index contributed by atoms with van der Waals surface area (Å²) < 4.78 is 7.77. The van der Waals surface area contributed by atoms with Crippen LogP contribution in [0.3, 0.4) is 0 Å². The van der Waals surface area contributed by atoms with Crippen LogP contribution in [0.5, 0.6) is 5.75 Å². The Morgan fingerprint density at radius 1 is 1.24 bits per heavy atom. The van der Waals surface area contributed by atoms with Gasteiger partial charge >= 0.3 is 0 Å². The molecule has 1 aromatic heterocycles. The Morgan fingerprint density at radius 2 is 2.05 bits per heavy atom. The summed E-state index contributed by atoms with van der Waals surface area (Å²) in [7, 11) is 1.87. The molecule has 3 aromatic rings. The van der Waals surface area contributed by atoms with Gasteiger partial charge in [0.25, 0.3) is 0 Å². The van der Waals surface area contributed by atoms with Crippen LogP contribution >= 0.6 is 0 Å². The van der Waals surface area contributed by atoms with Crippen LogP contribution in [0, 0.1) is 0 Å². The van der Waals surface area contributed by atoms with Crippen molar-refractivity contribution in [2.24, 2.45) is 7.05 Å². The minimum Gasteiger partial charge on any atom is -0.485 e. The van der Waals surface area contributed by atoms with Crippen LogP contribution < -0.4 is 4.74 Å². The molecule has 0 fully saturated rings. The quantitative estimate of drug-likeness (QED) is 0.799. The lowest BCUT2D eigenvalue weighted by atomic mass is 10.0. The van der Waals surface area contributed by atoms with Crippen LogP contribution in [0.15, 0.2) is 42.7 Å². The van der Waals surface area contributed by atoms with Crippen LogP contribution in [0.4, 0.5) is 0 Å². The fraction of sp³-hybridized carbons (Fsp3) is 0.250. The third kappa shape index (κ3) is 2.60. The fourth-order valence-electron chi connectivity index (χ4n) is 2.32. The number of nitrogens with zero attached hydrogens (tertiary/aromatic N) is 3. The molecule has 1 heterocycles. The first-order valence-corrected chi connectivity index (χ1v) is 6.82. The number of ether oxygens (including phenoxy) is 1. The molecule has 0 spiro atoms. The molecule has 1 N–H and O–H groups in total. The fourth-order valence-corrected chi connectivity index (χ4v) is 2.32. The molecule has 0 aliphatic heterocycles. The van der Waals surface area contributed by atoms with Crippen LogP contribution in [0.25, 0.3) is 10.8 Å². The third-order valence-corrected chi connectivity index (χ3v) is 3.51. The maximum Gasteiger partial charge on any atom is 0.170 e. The summed E-state index contributed by atoms with van der Waals surface area (Å²) in [5, 5.41) is 19.9. The summed E-state index contributed by atoms with van der Waals surface area (Å²) in [6.07, 6.45) is 1.04. The van der Waals surface area contributed by atoms with Crippen molar-refractivity contribution in [3.8, 4) is 5.75 Å². The summed E-state index contributed by atoms with van der Waals surface area (Å²) in [5.74, 6) is 1.44. The van der Waals surface area contributed by atoms with Crippen molar-refractivity contribution in [3.05, 3.63) is 54.1 Å². The number of rotatable bonds is 4. The highest BCUT2D eigenvalue weighted by Crippen LogP contribution is 2.34. The Kier molecular flexibility index (Phi) is 3.58. The normalized spacial score (nSPS) is 12.5. The van der Waals surface area contributed by atoms with Crippen LogP contribution in [-0.4, -0.2) is 19.9 Å². The molecule has 0 radical (unpaired) electrons. The molecule has 0 saturated heterocycles. The van der Waals surface area contributed by atoms with E-state index < -0.39 is 6.10 Å². The van der Waals surface area contributed by atoms with E-state index in [1.807, 2.05) is 48.0 Å². The number of hydrogen-bond acceptors (Lipinski definition) is 4. The zero-order chi connectivity index (χ0) is 14.8. The summed E-state index contributed by atoms with van der Waals surface area (Å²) in [6, 6.07) is 11.9. The molecule has 1 atom stereocenters. The summed E-state index contributed by atoms with van der Waals surface area (Å²) in [5.41, 5.74) is 0.774. The minimum atomic E-state index is -0.593. The predicted molar refractivity (Wildman–Crippen MR) is 79.9 cm³/mol. The van der Waals surface area contributed by atoms with E-state index in [0.29, 0.717) is 12.4 Å². The van der Waals surface area contributed by atoms with Gasteiger partial charge in [0.15, 0.2) is 5.82 Å². The first-order valence-electron chi connectivity index (χ1n) is 6.82. The van der Waals surface area contributed by atoms with Crippen molar-refractivity contribution in [1.29, 1.82) is 0 Å². The lowest BCUT2D eigenvalue weighted by Gasteiger charge is -2.16. The van der Waals surface area contributed by atoms with Gasteiger partial charge in [0, 0.05) is 18.0 Å². The lowest BCUT2D eigenvalue weighted by Crippen LogP contribution is -2.06. The second-order valence-electron chi connectivity index (χ2n) is 5.03. The van der Waals surface area contributed by atoms with Crippen LogP contribution in [0.2, 0.25) is 0 Å². The van der Waals surface area contributed by atoms with E-state index in [1.54, 1.807) is 13.3 Å². The van der Waals surface area contributed by atoms with Gasteiger partial charge in [0.1, 0.15) is 18.7 Å². The average molecular weight is 283 g/mol. The smallest absolute Gasteiger partial charge is 0.170 e. The first-order chi connectivity index (χ1) is 10.2. The maximum absolute atomic E-state index is 9.96. The van der Waals surface area contributed by atoms with E-state index >= 15 is 0 Å². The molecule has 0 aliphatic rings. The molecule has 21 heavy (non-hydrogen) atoms. The second-order valence-corrected chi connectivity index (χ2v) is 5.03. The van der Waals surface area contributed by atoms with E-state index in [0.717, 1.165) is 22.2 Å². The average Bonchev–Trinajstić information content (AvgIpc) is 2.89. The van der Waals surface area contributed by atoms with Crippen molar-refractivity contribution >= 4 is 10.8 Å². The SMILES string of the molecule is C[C@H](O)c1ccc2ccccc2c1OCc1nncn1C. The number of hydrogen-bond donors (Lipinski definition) is 1. The highest BCUT2D eigenvalue weighted by atomic mass is 16.5. The molecule has 0 bridgehead atoms. The Balaban J connectivity index is 2.02. The predicted octanol–water partition coefficient (Wildman–Crippen LogP) is 2.60. The summed E-state index contributed by atoms with van der Waals surface area (Å²) in [4.78, 5) is 0. The summed E-state index contributed by atoms with van der Waals surface area (Å²) in [6.45, 7) is 2.05. The highest BCUT2D eigenvalue weighted by Gasteiger charge is 2.14. The van der Waals surface area contributed by atoms with E-state index in [9.17, 15) is 5.11 Å². The molecule has 5 heteroatoms. The van der Waals surface area contributed by atoms with Crippen molar-refractivity contribution in [2.45, 2.75) is 19.6 Å². The van der Waals surface area contributed by atoms with E-state index in [1.165, 1.54) is 0 Å². The number of aromatic nitrogens is 3. The summed E-state index contributed by atoms with van der Waals surface area (Å²) >= 11 is 0. The molecule has 108 valence electrons. The molecule has 0 unspecified atom stereocenters. The topological polar surface area (TPSA) is 60.2 Å². The molecule has 2 aromatic carbocycles. The number of aliphatic hydroxyl groups excluding tert-OH is 1. The molecular weight excluding hydrogens is 266 g/mol. The zero-order valence-corrected chi connectivity index (χ0v) is 12.0. The van der Waals surface area contributed by atoms with Gasteiger partial charge in [-0.25, -0.2) is 0 Å². The number of benzene rings is 2. The molecule has 0 saturated carbocycles. The minimum absolute atomic E-state index is 0.310. The standard InChI is InChI=1S/C16H17N3O2/c1-11(20)13-8-7-12-5-3-4-6-14(12)16(13)21-9-15-18-17-10-19(15)2/h3-8,10-11,20H,9H2,1-2H3/t11-/m0/s1. The maximum atomic E-state index is 9.96. The van der Waals surface area contributed by atoms with Gasteiger partial charge in [-0.1, -0.05) is 36.4 Å². The number of aryl methyl sites for hydroxylation is 1. The third-order valence-electron chi connectivity index (χ3n) is 3.51. The van der Waals surface area contributed by atoms with Crippen molar-refractivity contribution in [3.63, 3.8) is 0 Å². The van der Waals surface area contributed by atoms with Gasteiger partial charge in [-0.3, -0.25) is 0 Å². The number of fused-ring (bicyclic) bond motifs is 1. The first kappa shape index (κ1) is 13.6. The highest BCUT2D eigenvalue weighted by molar-refractivity contribution is 5.89. The largest absolute Gasteiger partial charge is 0.485 e. The van der Waals surface area contributed by atoms with Gasteiger partial charge in [-0.2, -0.15) is 0 Å². The molecular formula is C16H17N3O2. The van der Waals surface area contributed by atoms with Crippen LogP contribution in [0.1, 0.15) is 24.4 Å². The molecule has 0 amide bonds. The Morgan fingerprint density at radius 3 is 2.76 bits per heavy atom. The van der Waals surface area contributed by atoms with Gasteiger partial charge in [0.05, 0.1) is 6.10 Å². The Hall–Kier alpha value is -2.40. The lowest BCUT2D eigenvalue weighted by molar-refractivity contribution is 0.190. The molecule has 5 nitrogen and oxygen atoms in total. The van der Waals surface area contributed by atoms with Gasteiger partial charge in [-0.05, 0) is 12.3 Å². The van der Waals surface area contributed by atoms with Crippen molar-refractivity contribution in [2.75, 3.05) is 0 Å².